The molecule has 1 aliphatic rings. The van der Waals surface area contributed by atoms with Crippen LogP contribution in [-0.4, -0.2) is 9.13 Å². The molecule has 1 aromatic heterocycles. The van der Waals surface area contributed by atoms with E-state index in [4.69, 9.17) is 22.1 Å². The number of halogens is 1. The van der Waals surface area contributed by atoms with Gasteiger partial charge in [-0.05, 0) is 17.7 Å². The number of hydrogen-bond donors (Lipinski definition) is 1. The fraction of sp³-hybridized carbons (Fsp3) is 0.188. The normalized spacial score (nSPS) is 16.3. The van der Waals surface area contributed by atoms with Crippen molar-refractivity contribution < 1.29 is 4.74 Å². The van der Waals surface area contributed by atoms with Gasteiger partial charge < -0.3 is 10.5 Å². The van der Waals surface area contributed by atoms with Gasteiger partial charge in [-0.3, -0.25) is 13.9 Å². The highest BCUT2D eigenvalue weighted by molar-refractivity contribution is 6.30. The van der Waals surface area contributed by atoms with Gasteiger partial charge in [-0.25, -0.2) is 4.79 Å². The van der Waals surface area contributed by atoms with Crippen LogP contribution in [0.25, 0.3) is 0 Å². The molecule has 0 saturated carbocycles. The van der Waals surface area contributed by atoms with E-state index in [0.29, 0.717) is 10.6 Å². The van der Waals surface area contributed by atoms with E-state index in [1.54, 1.807) is 24.3 Å². The van der Waals surface area contributed by atoms with Crippen molar-refractivity contribution in [1.82, 2.24) is 9.13 Å². The predicted octanol–water partition coefficient (Wildman–Crippen LogP) is 0.956. The Hall–Kier alpha value is -2.98. The second kappa shape index (κ2) is 5.58. The summed E-state index contributed by atoms with van der Waals surface area (Å²) >= 11 is 5.91. The van der Waals surface area contributed by atoms with Crippen molar-refractivity contribution in [3.63, 3.8) is 0 Å². The number of nitrogens with zero attached hydrogens (tertiary/aromatic N) is 3. The van der Waals surface area contributed by atoms with Crippen LogP contribution >= 0.6 is 11.6 Å². The second-order valence-corrected chi connectivity index (χ2v) is 5.84. The fourth-order valence-electron chi connectivity index (χ4n) is 2.78. The smallest absolute Gasteiger partial charge is 0.333 e. The monoisotopic (exact) mass is 344 g/mol. The summed E-state index contributed by atoms with van der Waals surface area (Å²) in [6, 6.07) is 8.72. The molecule has 0 amide bonds. The van der Waals surface area contributed by atoms with E-state index >= 15 is 0 Å². The molecule has 8 heteroatoms. The fourth-order valence-corrected chi connectivity index (χ4v) is 2.90. The minimum Gasteiger partial charge on any atom is -0.423 e. The average Bonchev–Trinajstić information content (AvgIpc) is 2.57. The van der Waals surface area contributed by atoms with Crippen molar-refractivity contribution in [2.45, 2.75) is 5.92 Å². The molecule has 1 aromatic carbocycles. The lowest BCUT2D eigenvalue weighted by Gasteiger charge is -2.27. The number of rotatable bonds is 1. The van der Waals surface area contributed by atoms with E-state index < -0.39 is 17.2 Å². The number of benzene rings is 1. The molecule has 0 aliphatic carbocycles. The molecule has 0 radical (unpaired) electrons. The zero-order chi connectivity index (χ0) is 17.6. The van der Waals surface area contributed by atoms with Gasteiger partial charge in [-0.1, -0.05) is 23.7 Å². The summed E-state index contributed by atoms with van der Waals surface area (Å²) in [7, 11) is 2.85. The Labute approximate surface area is 141 Å². The van der Waals surface area contributed by atoms with E-state index in [2.05, 4.69) is 0 Å². The van der Waals surface area contributed by atoms with Crippen molar-refractivity contribution in [2.24, 2.45) is 19.8 Å². The lowest BCUT2D eigenvalue weighted by atomic mass is 9.85. The molecule has 1 unspecified atom stereocenters. The molecular weight excluding hydrogens is 332 g/mol. The third-order valence-corrected chi connectivity index (χ3v) is 4.27. The molecular formula is C16H13ClN4O3. The second-order valence-electron chi connectivity index (χ2n) is 5.40. The Morgan fingerprint density at radius 3 is 2.42 bits per heavy atom. The summed E-state index contributed by atoms with van der Waals surface area (Å²) in [5.74, 6) is -0.825. The van der Waals surface area contributed by atoms with Crippen LogP contribution in [0.5, 0.6) is 5.88 Å². The van der Waals surface area contributed by atoms with Gasteiger partial charge in [0.25, 0.3) is 5.56 Å². The molecule has 0 spiro atoms. The Balaban J connectivity index is 2.41. The molecule has 1 atom stereocenters. The standard InChI is InChI=1S/C16H13ClN4O3/c1-20-14(22)12-11(8-3-5-9(17)6-4-8)10(7-18)13(19)24-15(12)21(2)16(20)23/h3-6,11H,19H2,1-2H3. The third-order valence-electron chi connectivity index (χ3n) is 4.02. The molecule has 24 heavy (non-hydrogen) atoms. The maximum atomic E-state index is 12.7. The lowest BCUT2D eigenvalue weighted by Crippen LogP contribution is -2.42. The highest BCUT2D eigenvalue weighted by Gasteiger charge is 2.35. The van der Waals surface area contributed by atoms with E-state index in [-0.39, 0.29) is 22.9 Å². The molecule has 7 nitrogen and oxygen atoms in total. The number of ether oxygens (including phenoxy) is 1. The number of hydrogen-bond acceptors (Lipinski definition) is 5. The largest absolute Gasteiger partial charge is 0.423 e. The van der Waals surface area contributed by atoms with Gasteiger partial charge in [-0.15, -0.1) is 0 Å². The Morgan fingerprint density at radius 2 is 1.83 bits per heavy atom. The first-order chi connectivity index (χ1) is 11.4. The third kappa shape index (κ3) is 2.20. The van der Waals surface area contributed by atoms with Crippen LogP contribution < -0.4 is 21.7 Å². The number of allylic oxidation sites excluding steroid dienone is 1. The van der Waals surface area contributed by atoms with Gasteiger partial charge in [0.05, 0.1) is 11.5 Å². The van der Waals surface area contributed by atoms with Crippen LogP contribution in [0, 0.1) is 11.3 Å². The van der Waals surface area contributed by atoms with Crippen molar-refractivity contribution in [3.05, 3.63) is 72.7 Å². The summed E-state index contributed by atoms with van der Waals surface area (Å²) in [6.45, 7) is 0. The van der Waals surface area contributed by atoms with Gasteiger partial charge in [0.15, 0.2) is 0 Å². The Morgan fingerprint density at radius 1 is 1.21 bits per heavy atom. The number of nitrogens with two attached hydrogens (primary N) is 1. The van der Waals surface area contributed by atoms with Crippen LogP contribution in [0.3, 0.4) is 0 Å². The lowest BCUT2D eigenvalue weighted by molar-refractivity contribution is 0.348. The van der Waals surface area contributed by atoms with Crippen molar-refractivity contribution in [2.75, 3.05) is 0 Å². The van der Waals surface area contributed by atoms with E-state index in [1.165, 1.54) is 18.7 Å². The maximum absolute atomic E-state index is 12.7. The topological polar surface area (TPSA) is 103 Å². The summed E-state index contributed by atoms with van der Waals surface area (Å²) in [5.41, 5.74) is 5.73. The highest BCUT2D eigenvalue weighted by atomic mass is 35.5. The van der Waals surface area contributed by atoms with Crippen molar-refractivity contribution in [1.29, 1.82) is 5.26 Å². The summed E-state index contributed by atoms with van der Waals surface area (Å²) in [4.78, 5) is 24.8. The molecule has 0 fully saturated rings. The predicted molar refractivity (Wildman–Crippen MR) is 87.7 cm³/mol. The molecule has 2 N–H and O–H groups in total. The first-order valence-corrected chi connectivity index (χ1v) is 7.37. The minimum atomic E-state index is -0.735. The van der Waals surface area contributed by atoms with Crippen LogP contribution in [-0.2, 0) is 14.1 Å². The maximum Gasteiger partial charge on any atom is 0.333 e. The first kappa shape index (κ1) is 15.9. The highest BCUT2D eigenvalue weighted by Crippen LogP contribution is 2.39. The van der Waals surface area contributed by atoms with E-state index in [9.17, 15) is 14.9 Å². The quantitative estimate of drug-likeness (QED) is 0.829. The van der Waals surface area contributed by atoms with Gasteiger partial charge >= 0.3 is 5.69 Å². The molecule has 1 aliphatic heterocycles. The Bertz CT molecular complexity index is 1030. The van der Waals surface area contributed by atoms with Crippen molar-refractivity contribution in [3.8, 4) is 11.9 Å². The van der Waals surface area contributed by atoms with Gasteiger partial charge in [-0.2, -0.15) is 5.26 Å². The summed E-state index contributed by atoms with van der Waals surface area (Å²) in [5, 5.41) is 10.0. The molecule has 2 heterocycles. The number of fused-ring (bicyclic) bond motifs is 1. The number of nitriles is 1. The zero-order valence-electron chi connectivity index (χ0n) is 12.9. The zero-order valence-corrected chi connectivity index (χ0v) is 13.7. The van der Waals surface area contributed by atoms with Crippen LogP contribution in [0.4, 0.5) is 0 Å². The van der Waals surface area contributed by atoms with Gasteiger partial charge in [0, 0.05) is 19.1 Å². The minimum absolute atomic E-state index is 0.0413. The molecule has 122 valence electrons. The molecule has 0 bridgehead atoms. The SMILES string of the molecule is Cn1c2c(c(=O)n(C)c1=O)C(c1ccc(Cl)cc1)C(C#N)=C(N)O2. The van der Waals surface area contributed by atoms with Crippen LogP contribution in [0.2, 0.25) is 5.02 Å². The van der Waals surface area contributed by atoms with E-state index in [1.807, 2.05) is 6.07 Å². The number of aromatic nitrogens is 2. The van der Waals surface area contributed by atoms with E-state index in [0.717, 1.165) is 4.57 Å². The van der Waals surface area contributed by atoms with Gasteiger partial charge in [0.2, 0.25) is 11.8 Å². The molecule has 0 saturated heterocycles. The molecule has 3 rings (SSSR count). The van der Waals surface area contributed by atoms with Crippen molar-refractivity contribution >= 4 is 11.6 Å². The molecule has 2 aromatic rings. The first-order valence-electron chi connectivity index (χ1n) is 6.99. The average molecular weight is 345 g/mol. The summed E-state index contributed by atoms with van der Waals surface area (Å²) < 4.78 is 7.59. The van der Waals surface area contributed by atoms with Gasteiger partial charge in [0.1, 0.15) is 11.6 Å². The Kier molecular flexibility index (Phi) is 3.70. The van der Waals surface area contributed by atoms with Crippen LogP contribution in [0.15, 0.2) is 45.3 Å². The summed E-state index contributed by atoms with van der Waals surface area (Å²) in [6.07, 6.45) is 0. The van der Waals surface area contributed by atoms with Crippen LogP contribution in [0.1, 0.15) is 17.0 Å².